The van der Waals surface area contributed by atoms with Gasteiger partial charge in [-0.05, 0) is 43.5 Å². The van der Waals surface area contributed by atoms with E-state index in [9.17, 15) is 0 Å². The fourth-order valence-electron chi connectivity index (χ4n) is 1.68. The van der Waals surface area contributed by atoms with Crippen molar-refractivity contribution < 1.29 is 0 Å². The summed E-state index contributed by atoms with van der Waals surface area (Å²) in [6, 6.07) is 8.18. The summed E-state index contributed by atoms with van der Waals surface area (Å²) in [5.74, 6) is 0.695. The smallest absolute Gasteiger partial charge is 0.127 e. The first-order valence-corrected chi connectivity index (χ1v) is 5.54. The summed E-state index contributed by atoms with van der Waals surface area (Å²) in [5, 5.41) is 4.46. The Labute approximate surface area is 95.9 Å². The van der Waals surface area contributed by atoms with Crippen LogP contribution >= 0.6 is 0 Å². The van der Waals surface area contributed by atoms with E-state index in [4.69, 9.17) is 5.73 Å². The lowest BCUT2D eigenvalue weighted by molar-refractivity contribution is 0.847. The Bertz CT molecular complexity index is 512. The number of hydrogen-bond acceptors (Lipinski definition) is 2. The van der Waals surface area contributed by atoms with Gasteiger partial charge in [0.05, 0.1) is 11.4 Å². The third kappa shape index (κ3) is 1.81. The molecule has 3 heteroatoms. The Kier molecular flexibility index (Phi) is 2.69. The molecule has 1 aromatic carbocycles. The van der Waals surface area contributed by atoms with Crippen LogP contribution in [0.2, 0.25) is 0 Å². The van der Waals surface area contributed by atoms with Crippen LogP contribution in [0.15, 0.2) is 24.3 Å². The summed E-state index contributed by atoms with van der Waals surface area (Å²) in [6.45, 7) is 6.27. The van der Waals surface area contributed by atoms with E-state index in [2.05, 4.69) is 38.0 Å². The van der Waals surface area contributed by atoms with E-state index in [0.717, 1.165) is 17.8 Å². The minimum absolute atomic E-state index is 0.695. The zero-order valence-electron chi connectivity index (χ0n) is 9.99. The second kappa shape index (κ2) is 4.00. The molecule has 84 valence electrons. The molecule has 0 amide bonds. The topological polar surface area (TPSA) is 43.8 Å². The molecule has 0 spiro atoms. The van der Waals surface area contributed by atoms with Crippen LogP contribution in [0.4, 0.5) is 5.82 Å². The second-order valence-electron chi connectivity index (χ2n) is 4.09. The Morgan fingerprint density at radius 3 is 2.50 bits per heavy atom. The fraction of sp³-hybridized carbons (Fsp3) is 0.308. The van der Waals surface area contributed by atoms with Crippen molar-refractivity contribution in [2.75, 3.05) is 5.73 Å². The van der Waals surface area contributed by atoms with Gasteiger partial charge in [0.2, 0.25) is 0 Å². The van der Waals surface area contributed by atoms with Crippen LogP contribution in [-0.2, 0) is 6.42 Å². The number of hydrogen-bond donors (Lipinski definition) is 1. The maximum Gasteiger partial charge on any atom is 0.127 e. The van der Waals surface area contributed by atoms with Crippen molar-refractivity contribution in [3.63, 3.8) is 0 Å². The van der Waals surface area contributed by atoms with Crippen LogP contribution in [0.3, 0.4) is 0 Å². The van der Waals surface area contributed by atoms with Gasteiger partial charge in [-0.25, -0.2) is 4.68 Å². The van der Waals surface area contributed by atoms with E-state index in [-0.39, 0.29) is 0 Å². The number of rotatable bonds is 2. The van der Waals surface area contributed by atoms with Gasteiger partial charge in [-0.2, -0.15) is 5.10 Å². The molecule has 0 atom stereocenters. The normalized spacial score (nSPS) is 10.7. The molecule has 0 saturated heterocycles. The zero-order valence-corrected chi connectivity index (χ0v) is 9.99. The Hall–Kier alpha value is -1.77. The van der Waals surface area contributed by atoms with E-state index in [1.165, 1.54) is 11.1 Å². The molecule has 0 aliphatic heterocycles. The lowest BCUT2D eigenvalue weighted by Gasteiger charge is -2.06. The van der Waals surface area contributed by atoms with Crippen molar-refractivity contribution >= 4 is 5.82 Å². The molecule has 2 rings (SSSR count). The Balaban J connectivity index is 2.49. The van der Waals surface area contributed by atoms with Gasteiger partial charge in [0, 0.05) is 6.07 Å². The maximum absolute atomic E-state index is 5.94. The van der Waals surface area contributed by atoms with Crippen LogP contribution in [-0.4, -0.2) is 9.78 Å². The first kappa shape index (κ1) is 10.7. The van der Waals surface area contributed by atoms with Gasteiger partial charge < -0.3 is 5.73 Å². The average Bonchev–Trinajstić information content (AvgIpc) is 2.64. The maximum atomic E-state index is 5.94. The summed E-state index contributed by atoms with van der Waals surface area (Å²) >= 11 is 0. The van der Waals surface area contributed by atoms with Crippen molar-refractivity contribution in [2.24, 2.45) is 0 Å². The largest absolute Gasteiger partial charge is 0.384 e. The van der Waals surface area contributed by atoms with Crippen LogP contribution in [0, 0.1) is 13.8 Å². The number of aromatic nitrogens is 2. The van der Waals surface area contributed by atoms with Crippen LogP contribution in [0.5, 0.6) is 0 Å². The number of aryl methyl sites for hydroxylation is 3. The van der Waals surface area contributed by atoms with Crippen molar-refractivity contribution in [3.8, 4) is 5.69 Å². The van der Waals surface area contributed by atoms with Gasteiger partial charge in [0.15, 0.2) is 0 Å². The molecule has 0 aliphatic carbocycles. The van der Waals surface area contributed by atoms with E-state index in [1.54, 1.807) is 4.68 Å². The molecule has 0 aliphatic rings. The van der Waals surface area contributed by atoms with Gasteiger partial charge in [0.25, 0.3) is 0 Å². The summed E-state index contributed by atoms with van der Waals surface area (Å²) in [7, 11) is 0. The van der Waals surface area contributed by atoms with E-state index < -0.39 is 0 Å². The molecule has 3 nitrogen and oxygen atoms in total. The average molecular weight is 215 g/mol. The number of nitrogens with two attached hydrogens (primary N) is 1. The molecule has 2 N–H and O–H groups in total. The third-order valence-corrected chi connectivity index (χ3v) is 2.88. The first-order chi connectivity index (χ1) is 7.61. The number of nitrogens with zero attached hydrogens (tertiary/aromatic N) is 2. The lowest BCUT2D eigenvalue weighted by atomic mass is 10.1. The highest BCUT2D eigenvalue weighted by molar-refractivity contribution is 5.46. The highest BCUT2D eigenvalue weighted by atomic mass is 15.3. The molecule has 0 bridgehead atoms. The predicted molar refractivity (Wildman–Crippen MR) is 66.8 cm³/mol. The molecule has 16 heavy (non-hydrogen) atoms. The second-order valence-corrected chi connectivity index (χ2v) is 4.09. The third-order valence-electron chi connectivity index (χ3n) is 2.88. The summed E-state index contributed by atoms with van der Waals surface area (Å²) in [4.78, 5) is 0. The number of benzene rings is 1. The molecule has 0 radical (unpaired) electrons. The molecule has 2 aromatic rings. The number of nitrogen functional groups attached to an aromatic ring is 1. The van der Waals surface area contributed by atoms with Gasteiger partial charge in [-0.15, -0.1) is 0 Å². The van der Waals surface area contributed by atoms with Gasteiger partial charge in [0.1, 0.15) is 5.82 Å². The van der Waals surface area contributed by atoms with Crippen molar-refractivity contribution in [3.05, 3.63) is 41.1 Å². The summed E-state index contributed by atoms with van der Waals surface area (Å²) in [5.41, 5.74) is 10.5. The van der Waals surface area contributed by atoms with E-state index >= 15 is 0 Å². The van der Waals surface area contributed by atoms with Crippen molar-refractivity contribution in [1.82, 2.24) is 9.78 Å². The summed E-state index contributed by atoms with van der Waals surface area (Å²) < 4.78 is 1.80. The minimum atomic E-state index is 0.695. The van der Waals surface area contributed by atoms with Crippen LogP contribution in [0.25, 0.3) is 5.69 Å². The lowest BCUT2D eigenvalue weighted by Crippen LogP contribution is -2.02. The fourth-order valence-corrected chi connectivity index (χ4v) is 1.68. The summed E-state index contributed by atoms with van der Waals surface area (Å²) in [6.07, 6.45) is 0.905. The molecular formula is C13H17N3. The Morgan fingerprint density at radius 2 is 1.94 bits per heavy atom. The standard InChI is InChI=1S/C13H17N3/c1-4-11-8-13(14)16(15-11)12-6-5-9(2)10(3)7-12/h5-8H,4,14H2,1-3H3. The molecule has 0 unspecified atom stereocenters. The SMILES string of the molecule is CCc1cc(N)n(-c2ccc(C)c(C)c2)n1. The van der Waals surface area contributed by atoms with Crippen LogP contribution < -0.4 is 5.73 Å². The molecular weight excluding hydrogens is 198 g/mol. The highest BCUT2D eigenvalue weighted by Gasteiger charge is 2.06. The van der Waals surface area contributed by atoms with Crippen molar-refractivity contribution in [2.45, 2.75) is 27.2 Å². The van der Waals surface area contributed by atoms with E-state index in [1.807, 2.05) is 12.1 Å². The zero-order chi connectivity index (χ0) is 11.7. The molecule has 1 aromatic heterocycles. The van der Waals surface area contributed by atoms with Gasteiger partial charge in [-0.3, -0.25) is 0 Å². The van der Waals surface area contributed by atoms with E-state index in [0.29, 0.717) is 5.82 Å². The monoisotopic (exact) mass is 215 g/mol. The van der Waals surface area contributed by atoms with Crippen molar-refractivity contribution in [1.29, 1.82) is 0 Å². The molecule has 0 saturated carbocycles. The first-order valence-electron chi connectivity index (χ1n) is 5.54. The quantitative estimate of drug-likeness (QED) is 0.837. The Morgan fingerprint density at radius 1 is 1.19 bits per heavy atom. The molecule has 1 heterocycles. The highest BCUT2D eigenvalue weighted by Crippen LogP contribution is 2.17. The predicted octanol–water partition coefficient (Wildman–Crippen LogP) is 2.63. The van der Waals surface area contributed by atoms with Gasteiger partial charge in [-0.1, -0.05) is 13.0 Å². The minimum Gasteiger partial charge on any atom is -0.384 e. The van der Waals surface area contributed by atoms with Crippen LogP contribution in [0.1, 0.15) is 23.7 Å². The van der Waals surface area contributed by atoms with Gasteiger partial charge >= 0.3 is 0 Å². The number of anilines is 1. The molecule has 0 fully saturated rings.